The number of unbranched alkanes of at least 4 members (excludes halogenated alkanes) is 7. The maximum absolute atomic E-state index is 10.4. The van der Waals surface area contributed by atoms with Gasteiger partial charge in [-0.15, -0.1) is 0 Å². The van der Waals surface area contributed by atoms with Crippen LogP contribution in [0.4, 0.5) is 0 Å². The molecule has 1 saturated carbocycles. The molecule has 1 fully saturated rings. The summed E-state index contributed by atoms with van der Waals surface area (Å²) in [6.45, 7) is 0.295. The van der Waals surface area contributed by atoms with Gasteiger partial charge in [0.15, 0.2) is 0 Å². The third-order valence-electron chi connectivity index (χ3n) is 5.35. The predicted octanol–water partition coefficient (Wildman–Crippen LogP) is 4.52. The largest absolute Gasteiger partial charge is 0.516 e. The molecule has 3 N–H and O–H groups in total. The summed E-state index contributed by atoms with van der Waals surface area (Å²) < 4.78 is 5.62. The van der Waals surface area contributed by atoms with Crippen LogP contribution in [0, 0.1) is 11.8 Å². The van der Waals surface area contributed by atoms with Crippen LogP contribution in [-0.4, -0.2) is 41.2 Å². The highest BCUT2D eigenvalue weighted by Crippen LogP contribution is 2.38. The summed E-state index contributed by atoms with van der Waals surface area (Å²) in [5.41, 5.74) is 0. The van der Waals surface area contributed by atoms with Gasteiger partial charge in [-0.25, -0.2) is 0 Å². The maximum Gasteiger partial charge on any atom is 0.0751 e. The lowest BCUT2D eigenvalue weighted by Crippen LogP contribution is -2.21. The van der Waals surface area contributed by atoms with E-state index in [1.165, 1.54) is 0 Å². The van der Waals surface area contributed by atoms with Crippen LogP contribution in [0.5, 0.6) is 0 Å². The van der Waals surface area contributed by atoms with Crippen molar-refractivity contribution in [2.45, 2.75) is 82.8 Å². The number of aliphatic hydroxyl groups is 3. The summed E-state index contributed by atoms with van der Waals surface area (Å²) in [7, 11) is 1.75. The molecule has 0 radical (unpaired) electrons. The van der Waals surface area contributed by atoms with E-state index in [1.807, 2.05) is 0 Å². The van der Waals surface area contributed by atoms with Crippen LogP contribution >= 0.6 is 0 Å². The Morgan fingerprint density at radius 2 is 1.64 bits per heavy atom. The number of hydrogen-bond donors (Lipinski definition) is 3. The summed E-state index contributed by atoms with van der Waals surface area (Å²) >= 11 is 0. The third-order valence-corrected chi connectivity index (χ3v) is 5.35. The third kappa shape index (κ3) is 8.89. The van der Waals surface area contributed by atoms with Crippen molar-refractivity contribution in [3.05, 3.63) is 24.5 Å². The van der Waals surface area contributed by atoms with Crippen LogP contribution in [0.15, 0.2) is 24.5 Å². The molecule has 25 heavy (non-hydrogen) atoms. The molecule has 0 bridgehead atoms. The minimum Gasteiger partial charge on any atom is -0.516 e. The second-order valence-corrected chi connectivity index (χ2v) is 7.20. The molecule has 0 aromatic carbocycles. The van der Waals surface area contributed by atoms with E-state index in [9.17, 15) is 5.11 Å². The molecule has 1 unspecified atom stereocenters. The van der Waals surface area contributed by atoms with E-state index < -0.39 is 0 Å². The minimum atomic E-state index is -0.263. The SMILES string of the molecule is CO[C@H]1C[C@@H](O)C(CCCCCC=CO)[C@@H]1/C=C/CCCCCCO. The molecule has 1 aliphatic rings. The van der Waals surface area contributed by atoms with Gasteiger partial charge in [0.1, 0.15) is 0 Å². The zero-order valence-electron chi connectivity index (χ0n) is 15.9. The molecule has 0 amide bonds. The molecule has 4 atom stereocenters. The quantitative estimate of drug-likeness (QED) is 0.244. The van der Waals surface area contributed by atoms with Gasteiger partial charge in [-0.05, 0) is 44.4 Å². The Balaban J connectivity index is 2.36. The molecule has 4 nitrogen and oxygen atoms in total. The Morgan fingerprint density at radius 1 is 0.960 bits per heavy atom. The zero-order chi connectivity index (χ0) is 18.3. The first-order chi connectivity index (χ1) is 12.2. The van der Waals surface area contributed by atoms with E-state index >= 15 is 0 Å². The standard InChI is InChI=1S/C21H38O4/c1-25-21-17-20(24)18(13-9-6-4-8-12-16-23)19(21)14-10-5-2-3-7-11-15-22/h10,12,14,16,18-24H,2-9,11,13,15,17H2,1H3/b14-10+,16-12?/t18?,19-,20+,21-/m0/s1. The predicted molar refractivity (Wildman–Crippen MR) is 103 cm³/mol. The Morgan fingerprint density at radius 3 is 2.32 bits per heavy atom. The first-order valence-electron chi connectivity index (χ1n) is 10.0. The molecule has 0 aromatic rings. The fraction of sp³-hybridized carbons (Fsp3) is 0.810. The van der Waals surface area contributed by atoms with Crippen molar-refractivity contribution < 1.29 is 20.1 Å². The van der Waals surface area contributed by atoms with Gasteiger partial charge in [-0.1, -0.05) is 43.9 Å². The van der Waals surface area contributed by atoms with Gasteiger partial charge in [0.05, 0.1) is 18.5 Å². The van der Waals surface area contributed by atoms with Crippen molar-refractivity contribution in [2.24, 2.45) is 11.8 Å². The van der Waals surface area contributed by atoms with E-state index in [2.05, 4.69) is 12.2 Å². The van der Waals surface area contributed by atoms with Crippen molar-refractivity contribution in [1.29, 1.82) is 0 Å². The van der Waals surface area contributed by atoms with E-state index in [0.717, 1.165) is 76.9 Å². The topological polar surface area (TPSA) is 69.9 Å². The van der Waals surface area contributed by atoms with Crippen molar-refractivity contribution in [3.8, 4) is 0 Å². The highest BCUT2D eigenvalue weighted by Gasteiger charge is 2.40. The number of ether oxygens (including phenoxy) is 1. The minimum absolute atomic E-state index is 0.128. The summed E-state index contributed by atoms with van der Waals surface area (Å²) in [6, 6.07) is 0. The fourth-order valence-corrected chi connectivity index (χ4v) is 3.88. The number of rotatable bonds is 14. The molecule has 0 saturated heterocycles. The number of aliphatic hydroxyl groups excluding tert-OH is 3. The monoisotopic (exact) mass is 354 g/mol. The second-order valence-electron chi connectivity index (χ2n) is 7.20. The van der Waals surface area contributed by atoms with Gasteiger partial charge in [-0.3, -0.25) is 0 Å². The van der Waals surface area contributed by atoms with Gasteiger partial charge < -0.3 is 20.1 Å². The van der Waals surface area contributed by atoms with Gasteiger partial charge >= 0.3 is 0 Å². The lowest BCUT2D eigenvalue weighted by molar-refractivity contribution is 0.0747. The summed E-state index contributed by atoms with van der Waals surface area (Å²) in [6.07, 6.45) is 18.7. The molecular formula is C21H38O4. The molecule has 0 spiro atoms. The molecule has 1 rings (SSSR count). The molecular weight excluding hydrogens is 316 g/mol. The van der Waals surface area contributed by atoms with Crippen LogP contribution in [0.3, 0.4) is 0 Å². The van der Waals surface area contributed by atoms with E-state index in [0.29, 0.717) is 18.4 Å². The van der Waals surface area contributed by atoms with Crippen LogP contribution in [0.2, 0.25) is 0 Å². The lowest BCUT2D eigenvalue weighted by atomic mass is 9.88. The van der Waals surface area contributed by atoms with E-state index in [4.69, 9.17) is 14.9 Å². The molecule has 146 valence electrons. The Labute approximate surface area is 153 Å². The van der Waals surface area contributed by atoms with Crippen LogP contribution in [0.1, 0.15) is 70.6 Å². The average molecular weight is 355 g/mol. The first-order valence-corrected chi connectivity index (χ1v) is 10.0. The van der Waals surface area contributed by atoms with Crippen molar-refractivity contribution >= 4 is 0 Å². The Bertz CT molecular complexity index is 367. The number of methoxy groups -OCH3 is 1. The molecule has 1 aliphatic carbocycles. The van der Waals surface area contributed by atoms with Crippen molar-refractivity contribution in [2.75, 3.05) is 13.7 Å². The second kappa shape index (κ2) is 14.3. The zero-order valence-corrected chi connectivity index (χ0v) is 15.9. The normalized spacial score (nSPS) is 27.0. The summed E-state index contributed by atoms with van der Waals surface area (Å²) in [5, 5.41) is 27.8. The van der Waals surface area contributed by atoms with Gasteiger partial charge in [0, 0.05) is 26.1 Å². The fourth-order valence-electron chi connectivity index (χ4n) is 3.88. The molecule has 0 aliphatic heterocycles. The van der Waals surface area contributed by atoms with Crippen LogP contribution < -0.4 is 0 Å². The van der Waals surface area contributed by atoms with Crippen molar-refractivity contribution in [3.63, 3.8) is 0 Å². The molecule has 0 aromatic heterocycles. The average Bonchev–Trinajstić information content (AvgIpc) is 2.92. The lowest BCUT2D eigenvalue weighted by Gasteiger charge is -2.22. The highest BCUT2D eigenvalue weighted by molar-refractivity contribution is 5.03. The number of hydrogen-bond acceptors (Lipinski definition) is 4. The van der Waals surface area contributed by atoms with Crippen molar-refractivity contribution in [1.82, 2.24) is 0 Å². The molecule has 0 heterocycles. The summed E-state index contributed by atoms with van der Waals surface area (Å²) in [5.74, 6) is 0.610. The Kier molecular flexibility index (Phi) is 12.7. The van der Waals surface area contributed by atoms with Gasteiger partial charge in [0.25, 0.3) is 0 Å². The van der Waals surface area contributed by atoms with E-state index in [1.54, 1.807) is 13.2 Å². The first kappa shape index (κ1) is 22.2. The van der Waals surface area contributed by atoms with E-state index in [-0.39, 0.29) is 12.2 Å². The van der Waals surface area contributed by atoms with Gasteiger partial charge in [-0.2, -0.15) is 0 Å². The van der Waals surface area contributed by atoms with Gasteiger partial charge in [0.2, 0.25) is 0 Å². The maximum atomic E-state index is 10.4. The van der Waals surface area contributed by atoms with Crippen LogP contribution in [0.25, 0.3) is 0 Å². The van der Waals surface area contributed by atoms with Crippen LogP contribution in [-0.2, 0) is 4.74 Å². The smallest absolute Gasteiger partial charge is 0.0751 e. The molecule has 4 heteroatoms. The highest BCUT2D eigenvalue weighted by atomic mass is 16.5. The summed E-state index contributed by atoms with van der Waals surface area (Å²) in [4.78, 5) is 0. The number of allylic oxidation sites excluding steroid dienone is 2. The Hall–Kier alpha value is -0.840.